The van der Waals surface area contributed by atoms with Crippen molar-refractivity contribution in [3.8, 4) is 0 Å². The molecule has 0 bridgehead atoms. The lowest BCUT2D eigenvalue weighted by molar-refractivity contribution is -0.149. The minimum absolute atomic E-state index is 0.0648. The summed E-state index contributed by atoms with van der Waals surface area (Å²) >= 11 is 0. The number of urea groups is 1. The predicted octanol–water partition coefficient (Wildman–Crippen LogP) is 2.46. The van der Waals surface area contributed by atoms with E-state index in [1.165, 1.54) is 0 Å². The summed E-state index contributed by atoms with van der Waals surface area (Å²) in [5.74, 6) is -0.584. The Balaban J connectivity index is 1.66. The number of likely N-dealkylation sites (tertiary alicyclic amines) is 1. The molecule has 5 heteroatoms. The van der Waals surface area contributed by atoms with E-state index in [9.17, 15) is 14.7 Å². The molecule has 5 nitrogen and oxygen atoms in total. The van der Waals surface area contributed by atoms with E-state index in [2.05, 4.69) is 19.2 Å². The molecule has 0 aromatic carbocycles. The van der Waals surface area contributed by atoms with Gasteiger partial charge in [0, 0.05) is 19.1 Å². The number of nitrogens with zero attached hydrogens (tertiary/aromatic N) is 1. The summed E-state index contributed by atoms with van der Waals surface area (Å²) in [6, 6.07) is 0.149. The van der Waals surface area contributed by atoms with Gasteiger partial charge in [-0.25, -0.2) is 4.79 Å². The van der Waals surface area contributed by atoms with E-state index >= 15 is 0 Å². The molecule has 2 amide bonds. The van der Waals surface area contributed by atoms with Crippen LogP contribution in [0.4, 0.5) is 4.79 Å². The minimum atomic E-state index is -0.721. The molecule has 1 unspecified atom stereocenters. The Labute approximate surface area is 126 Å². The number of rotatable bonds is 2. The molecule has 1 saturated heterocycles. The van der Waals surface area contributed by atoms with Gasteiger partial charge in [0.1, 0.15) is 0 Å². The lowest BCUT2D eigenvalue weighted by Gasteiger charge is -2.30. The Morgan fingerprint density at radius 1 is 1.19 bits per heavy atom. The summed E-state index contributed by atoms with van der Waals surface area (Å²) in [6.45, 7) is 5.38. The van der Waals surface area contributed by atoms with Crippen molar-refractivity contribution in [3.63, 3.8) is 0 Å². The molecule has 1 aliphatic heterocycles. The lowest BCUT2D eigenvalue weighted by Crippen LogP contribution is -2.48. The summed E-state index contributed by atoms with van der Waals surface area (Å²) in [5.41, 5.74) is -0.529. The summed E-state index contributed by atoms with van der Waals surface area (Å²) in [4.78, 5) is 25.9. The second kappa shape index (κ2) is 4.89. The molecule has 118 valence electrons. The summed E-state index contributed by atoms with van der Waals surface area (Å²) < 4.78 is 0. The fraction of sp³-hybridized carbons (Fsp3) is 0.875. The van der Waals surface area contributed by atoms with Gasteiger partial charge >= 0.3 is 12.0 Å². The van der Waals surface area contributed by atoms with Gasteiger partial charge in [0.15, 0.2) is 0 Å². The van der Waals surface area contributed by atoms with Crippen molar-refractivity contribution >= 4 is 12.0 Å². The van der Waals surface area contributed by atoms with E-state index in [0.717, 1.165) is 32.1 Å². The lowest BCUT2D eigenvalue weighted by atomic mass is 9.81. The highest BCUT2D eigenvalue weighted by Crippen LogP contribution is 2.49. The van der Waals surface area contributed by atoms with E-state index in [-0.39, 0.29) is 23.4 Å². The molecule has 2 N–H and O–H groups in total. The number of carboxylic acids is 1. The molecule has 0 radical (unpaired) electrons. The van der Waals surface area contributed by atoms with Crippen LogP contribution >= 0.6 is 0 Å². The highest BCUT2D eigenvalue weighted by atomic mass is 16.4. The Kier molecular flexibility index (Phi) is 3.41. The zero-order valence-electron chi connectivity index (χ0n) is 13.0. The first-order valence-electron chi connectivity index (χ1n) is 8.14. The van der Waals surface area contributed by atoms with Gasteiger partial charge in [0.25, 0.3) is 0 Å². The van der Waals surface area contributed by atoms with Gasteiger partial charge in [-0.05, 0) is 37.0 Å². The first-order valence-corrected chi connectivity index (χ1v) is 8.14. The smallest absolute Gasteiger partial charge is 0.317 e. The second-order valence-electron chi connectivity index (χ2n) is 7.81. The van der Waals surface area contributed by atoms with Crippen molar-refractivity contribution in [1.82, 2.24) is 10.2 Å². The zero-order valence-corrected chi connectivity index (χ0v) is 13.0. The van der Waals surface area contributed by atoms with E-state index in [1.807, 2.05) is 0 Å². The first-order chi connectivity index (χ1) is 9.85. The third-order valence-corrected chi connectivity index (χ3v) is 6.14. The molecule has 3 aliphatic rings. The number of hydrogen-bond donors (Lipinski definition) is 2. The van der Waals surface area contributed by atoms with Gasteiger partial charge in [-0.3, -0.25) is 4.79 Å². The monoisotopic (exact) mass is 294 g/mol. The van der Waals surface area contributed by atoms with Gasteiger partial charge in [-0.15, -0.1) is 0 Å². The molecule has 2 saturated carbocycles. The SMILES string of the molecule is CC1(C)CCCC1NC(=O)N1C[C@@H]2CCC[C@@]2(C(=O)O)C1. The third kappa shape index (κ3) is 2.30. The number of nitrogens with one attached hydrogen (secondary N) is 1. The van der Waals surface area contributed by atoms with Crippen LogP contribution in [0, 0.1) is 16.7 Å². The number of fused-ring (bicyclic) bond motifs is 1. The second-order valence-corrected chi connectivity index (χ2v) is 7.81. The van der Waals surface area contributed by atoms with Crippen LogP contribution in [0.25, 0.3) is 0 Å². The summed E-state index contributed by atoms with van der Waals surface area (Å²) in [7, 11) is 0. The van der Waals surface area contributed by atoms with E-state index < -0.39 is 11.4 Å². The number of hydrogen-bond acceptors (Lipinski definition) is 2. The quantitative estimate of drug-likeness (QED) is 0.822. The van der Waals surface area contributed by atoms with Crippen molar-refractivity contribution in [2.45, 2.75) is 58.4 Å². The van der Waals surface area contributed by atoms with Crippen LogP contribution in [0.3, 0.4) is 0 Å². The van der Waals surface area contributed by atoms with E-state index in [0.29, 0.717) is 19.5 Å². The molecule has 3 fully saturated rings. The van der Waals surface area contributed by atoms with Crippen molar-refractivity contribution in [2.75, 3.05) is 13.1 Å². The molecule has 1 heterocycles. The van der Waals surface area contributed by atoms with Crippen molar-refractivity contribution in [3.05, 3.63) is 0 Å². The van der Waals surface area contributed by atoms with Gasteiger partial charge < -0.3 is 15.3 Å². The minimum Gasteiger partial charge on any atom is -0.481 e. The molecular weight excluding hydrogens is 268 g/mol. The molecule has 21 heavy (non-hydrogen) atoms. The Hall–Kier alpha value is -1.26. The van der Waals surface area contributed by atoms with Crippen molar-refractivity contribution in [1.29, 1.82) is 0 Å². The predicted molar refractivity (Wildman–Crippen MR) is 78.9 cm³/mol. The maximum atomic E-state index is 12.5. The van der Waals surface area contributed by atoms with Gasteiger partial charge in [0.2, 0.25) is 0 Å². The Morgan fingerprint density at radius 2 is 1.90 bits per heavy atom. The maximum Gasteiger partial charge on any atom is 0.317 e. The zero-order chi connectivity index (χ0) is 15.3. The number of aliphatic carboxylic acids is 1. The van der Waals surface area contributed by atoms with E-state index in [1.54, 1.807) is 4.90 Å². The van der Waals surface area contributed by atoms with Gasteiger partial charge in [-0.2, -0.15) is 0 Å². The average molecular weight is 294 g/mol. The van der Waals surface area contributed by atoms with E-state index in [4.69, 9.17) is 0 Å². The molecule has 2 aliphatic carbocycles. The summed E-state index contributed by atoms with van der Waals surface area (Å²) in [5, 5.41) is 12.7. The normalized spacial score (nSPS) is 37.5. The van der Waals surface area contributed by atoms with Crippen LogP contribution in [0.1, 0.15) is 52.4 Å². The molecular formula is C16H26N2O3. The molecule has 3 rings (SSSR count). The van der Waals surface area contributed by atoms with Crippen molar-refractivity contribution < 1.29 is 14.7 Å². The Morgan fingerprint density at radius 3 is 2.48 bits per heavy atom. The standard InChI is InChI=1S/C16H26N2O3/c1-15(2)7-4-6-12(15)17-14(21)18-9-11-5-3-8-16(11,10-18)13(19)20/h11-12H,3-10H2,1-2H3,(H,17,21)(H,19,20)/t11-,12?,16+/m0/s1. The van der Waals surface area contributed by atoms with Crippen LogP contribution in [-0.2, 0) is 4.79 Å². The van der Waals surface area contributed by atoms with Crippen LogP contribution in [0.5, 0.6) is 0 Å². The van der Waals surface area contributed by atoms with Crippen LogP contribution in [0.15, 0.2) is 0 Å². The first kappa shape index (κ1) is 14.7. The summed E-state index contributed by atoms with van der Waals surface area (Å²) in [6.07, 6.45) is 5.94. The van der Waals surface area contributed by atoms with Gasteiger partial charge in [-0.1, -0.05) is 26.7 Å². The fourth-order valence-electron chi connectivity index (χ4n) is 4.63. The van der Waals surface area contributed by atoms with Gasteiger partial charge in [0.05, 0.1) is 5.41 Å². The Bertz CT molecular complexity index is 462. The molecule has 0 aromatic rings. The van der Waals surface area contributed by atoms with Crippen LogP contribution < -0.4 is 5.32 Å². The highest BCUT2D eigenvalue weighted by molar-refractivity contribution is 5.80. The highest BCUT2D eigenvalue weighted by Gasteiger charge is 2.56. The fourth-order valence-corrected chi connectivity index (χ4v) is 4.63. The molecule has 3 atom stereocenters. The largest absolute Gasteiger partial charge is 0.481 e. The molecule has 0 aromatic heterocycles. The van der Waals surface area contributed by atoms with Crippen LogP contribution in [-0.4, -0.2) is 41.1 Å². The topological polar surface area (TPSA) is 69.6 Å². The number of carbonyl (C=O) groups is 2. The number of amides is 2. The number of carbonyl (C=O) groups excluding carboxylic acids is 1. The maximum absolute atomic E-state index is 12.5. The third-order valence-electron chi connectivity index (χ3n) is 6.14. The van der Waals surface area contributed by atoms with Crippen LogP contribution in [0.2, 0.25) is 0 Å². The molecule has 0 spiro atoms. The van der Waals surface area contributed by atoms with Crippen molar-refractivity contribution in [2.24, 2.45) is 16.7 Å². The average Bonchev–Trinajstić information content (AvgIpc) is 3.02. The number of carboxylic acid groups (broad SMARTS) is 1.